The van der Waals surface area contributed by atoms with Crippen LogP contribution in [0.2, 0.25) is 0 Å². The molecule has 0 heterocycles. The van der Waals surface area contributed by atoms with Gasteiger partial charge in [0.05, 0.1) is 18.8 Å². The molecule has 1 rings (SSSR count). The first-order chi connectivity index (χ1) is 8.08. The molecule has 0 saturated heterocycles. The molecule has 1 amide bonds. The number of nitrogens with one attached hydrogen (secondary N) is 1. The summed E-state index contributed by atoms with van der Waals surface area (Å²) in [5.74, 6) is -0.424. The van der Waals surface area contributed by atoms with Gasteiger partial charge >= 0.3 is 0 Å². The molecule has 0 radical (unpaired) electrons. The van der Waals surface area contributed by atoms with Crippen LogP contribution in [-0.2, 0) is 4.79 Å². The van der Waals surface area contributed by atoms with Crippen molar-refractivity contribution >= 4 is 11.6 Å². The summed E-state index contributed by atoms with van der Waals surface area (Å²) in [6.07, 6.45) is 1.37. The van der Waals surface area contributed by atoms with Crippen LogP contribution >= 0.6 is 0 Å². The molecule has 3 N–H and O–H groups in total. The van der Waals surface area contributed by atoms with Gasteiger partial charge in [0.1, 0.15) is 11.6 Å². The maximum Gasteiger partial charge on any atom is 0.241 e. The summed E-state index contributed by atoms with van der Waals surface area (Å²) in [5.41, 5.74) is 5.71. The van der Waals surface area contributed by atoms with E-state index in [4.69, 9.17) is 10.5 Å². The van der Waals surface area contributed by atoms with Crippen LogP contribution in [-0.4, -0.2) is 19.1 Å². The Balaban J connectivity index is 2.76. The predicted octanol–water partition coefficient (Wildman–Crippen LogP) is 1.90. The van der Waals surface area contributed by atoms with Crippen LogP contribution in [0, 0.1) is 5.82 Å². The molecule has 1 aromatic carbocycles. The van der Waals surface area contributed by atoms with E-state index in [1.807, 2.05) is 6.92 Å². The van der Waals surface area contributed by atoms with Gasteiger partial charge in [0.2, 0.25) is 5.91 Å². The Morgan fingerprint density at radius 2 is 2.29 bits per heavy atom. The largest absolute Gasteiger partial charge is 0.497 e. The molecule has 94 valence electrons. The third-order valence-electron chi connectivity index (χ3n) is 2.37. The summed E-state index contributed by atoms with van der Waals surface area (Å²) in [6.45, 7) is 1.93. The Hall–Kier alpha value is -1.62. The van der Waals surface area contributed by atoms with E-state index in [1.165, 1.54) is 25.3 Å². The van der Waals surface area contributed by atoms with Crippen LogP contribution < -0.4 is 15.8 Å². The SMILES string of the molecule is CCC[C@@H](N)C(=O)Nc1cc(OC)ccc1F. The molecule has 0 saturated carbocycles. The highest BCUT2D eigenvalue weighted by atomic mass is 19.1. The van der Waals surface area contributed by atoms with Crippen LogP contribution in [0.15, 0.2) is 18.2 Å². The second kappa shape index (κ2) is 6.20. The van der Waals surface area contributed by atoms with Crippen molar-refractivity contribution in [3.05, 3.63) is 24.0 Å². The maximum atomic E-state index is 13.4. The van der Waals surface area contributed by atoms with Gasteiger partial charge in [0.15, 0.2) is 0 Å². The number of hydrogen-bond acceptors (Lipinski definition) is 3. The van der Waals surface area contributed by atoms with E-state index in [-0.39, 0.29) is 11.6 Å². The highest BCUT2D eigenvalue weighted by Crippen LogP contribution is 2.21. The Bertz CT molecular complexity index is 396. The molecule has 0 aliphatic carbocycles. The second-order valence-corrected chi connectivity index (χ2v) is 3.73. The lowest BCUT2D eigenvalue weighted by Gasteiger charge is -2.12. The minimum Gasteiger partial charge on any atom is -0.497 e. The zero-order chi connectivity index (χ0) is 12.8. The number of hydrogen-bond donors (Lipinski definition) is 2. The van der Waals surface area contributed by atoms with Crippen LogP contribution in [0.3, 0.4) is 0 Å². The Morgan fingerprint density at radius 1 is 1.59 bits per heavy atom. The van der Waals surface area contributed by atoms with Crippen molar-refractivity contribution in [2.45, 2.75) is 25.8 Å². The van der Waals surface area contributed by atoms with Crippen LogP contribution in [0.25, 0.3) is 0 Å². The third-order valence-corrected chi connectivity index (χ3v) is 2.37. The van der Waals surface area contributed by atoms with E-state index >= 15 is 0 Å². The molecule has 0 spiro atoms. The predicted molar refractivity (Wildman–Crippen MR) is 64.5 cm³/mol. The van der Waals surface area contributed by atoms with Gasteiger partial charge in [-0.3, -0.25) is 4.79 Å². The van der Waals surface area contributed by atoms with E-state index in [0.29, 0.717) is 12.2 Å². The van der Waals surface area contributed by atoms with Gasteiger partial charge in [0.25, 0.3) is 0 Å². The van der Waals surface area contributed by atoms with Gasteiger partial charge in [-0.25, -0.2) is 4.39 Å². The first kappa shape index (κ1) is 13.4. The second-order valence-electron chi connectivity index (χ2n) is 3.73. The van der Waals surface area contributed by atoms with Crippen molar-refractivity contribution in [1.29, 1.82) is 0 Å². The fourth-order valence-electron chi connectivity index (χ4n) is 1.39. The van der Waals surface area contributed by atoms with Crippen molar-refractivity contribution < 1.29 is 13.9 Å². The summed E-state index contributed by atoms with van der Waals surface area (Å²) in [7, 11) is 1.47. The molecule has 0 aliphatic rings. The van der Waals surface area contributed by atoms with Gasteiger partial charge in [0, 0.05) is 6.07 Å². The molecule has 0 bridgehead atoms. The van der Waals surface area contributed by atoms with Crippen molar-refractivity contribution in [1.82, 2.24) is 0 Å². The molecule has 0 unspecified atom stereocenters. The van der Waals surface area contributed by atoms with E-state index in [0.717, 1.165) is 6.42 Å². The van der Waals surface area contributed by atoms with Gasteiger partial charge in [-0.05, 0) is 18.6 Å². The zero-order valence-corrected chi connectivity index (χ0v) is 10.00. The van der Waals surface area contributed by atoms with E-state index in [1.54, 1.807) is 0 Å². The van der Waals surface area contributed by atoms with Crippen LogP contribution in [0.4, 0.5) is 10.1 Å². The lowest BCUT2D eigenvalue weighted by atomic mass is 10.1. The summed E-state index contributed by atoms with van der Waals surface area (Å²) < 4.78 is 18.4. The average molecular weight is 240 g/mol. The number of anilines is 1. The lowest BCUT2D eigenvalue weighted by Crippen LogP contribution is -2.35. The molecule has 1 aromatic rings. The van der Waals surface area contributed by atoms with Gasteiger partial charge in [-0.1, -0.05) is 13.3 Å². The average Bonchev–Trinajstić information content (AvgIpc) is 2.32. The monoisotopic (exact) mass is 240 g/mol. The molecule has 1 atom stereocenters. The smallest absolute Gasteiger partial charge is 0.241 e. The van der Waals surface area contributed by atoms with Gasteiger partial charge in [-0.2, -0.15) is 0 Å². The van der Waals surface area contributed by atoms with Crippen LogP contribution in [0.1, 0.15) is 19.8 Å². The number of benzene rings is 1. The Morgan fingerprint density at radius 3 is 2.88 bits per heavy atom. The minimum atomic E-state index is -0.620. The number of rotatable bonds is 5. The molecular formula is C12H17FN2O2. The first-order valence-corrected chi connectivity index (χ1v) is 5.48. The van der Waals surface area contributed by atoms with Gasteiger partial charge in [-0.15, -0.1) is 0 Å². The van der Waals surface area contributed by atoms with Crippen molar-refractivity contribution in [3.63, 3.8) is 0 Å². The summed E-state index contributed by atoms with van der Waals surface area (Å²) >= 11 is 0. The van der Waals surface area contributed by atoms with Crippen molar-refractivity contribution in [3.8, 4) is 5.75 Å². The Kier molecular flexibility index (Phi) is 4.90. The van der Waals surface area contributed by atoms with E-state index in [9.17, 15) is 9.18 Å². The quantitative estimate of drug-likeness (QED) is 0.826. The number of nitrogens with two attached hydrogens (primary N) is 1. The number of carbonyl (C=O) groups is 1. The Labute approximate surface area is 100.0 Å². The van der Waals surface area contributed by atoms with Crippen molar-refractivity contribution in [2.75, 3.05) is 12.4 Å². The fourth-order valence-corrected chi connectivity index (χ4v) is 1.39. The van der Waals surface area contributed by atoms with Crippen LogP contribution in [0.5, 0.6) is 5.75 Å². The molecule has 0 aliphatic heterocycles. The molecule has 4 nitrogen and oxygen atoms in total. The summed E-state index contributed by atoms with van der Waals surface area (Å²) in [5, 5.41) is 2.45. The molecular weight excluding hydrogens is 223 g/mol. The van der Waals surface area contributed by atoms with Gasteiger partial charge < -0.3 is 15.8 Å². The highest BCUT2D eigenvalue weighted by molar-refractivity contribution is 5.94. The topological polar surface area (TPSA) is 64.4 Å². The van der Waals surface area contributed by atoms with E-state index < -0.39 is 11.9 Å². The third kappa shape index (κ3) is 3.71. The maximum absolute atomic E-state index is 13.4. The standard InChI is InChI=1S/C12H17FN2O2/c1-3-4-10(14)12(16)15-11-7-8(17-2)5-6-9(11)13/h5-7,10H,3-4,14H2,1-2H3,(H,15,16)/t10-/m1/s1. The number of ether oxygens (including phenoxy) is 1. The number of methoxy groups -OCH3 is 1. The zero-order valence-electron chi connectivity index (χ0n) is 10.00. The molecule has 0 aromatic heterocycles. The first-order valence-electron chi connectivity index (χ1n) is 5.48. The van der Waals surface area contributed by atoms with E-state index in [2.05, 4.69) is 5.32 Å². The molecule has 17 heavy (non-hydrogen) atoms. The fraction of sp³-hybridized carbons (Fsp3) is 0.417. The molecule has 5 heteroatoms. The summed E-state index contributed by atoms with van der Waals surface area (Å²) in [6, 6.07) is 3.52. The molecule has 0 fully saturated rings. The lowest BCUT2D eigenvalue weighted by molar-refractivity contribution is -0.117. The number of halogens is 1. The number of carbonyl (C=O) groups excluding carboxylic acids is 1. The normalized spacial score (nSPS) is 12.0. The minimum absolute atomic E-state index is 0.0842. The number of amides is 1. The summed E-state index contributed by atoms with van der Waals surface area (Å²) in [4.78, 5) is 11.6. The van der Waals surface area contributed by atoms with Crippen molar-refractivity contribution in [2.24, 2.45) is 5.73 Å². The highest BCUT2D eigenvalue weighted by Gasteiger charge is 2.14.